The summed E-state index contributed by atoms with van der Waals surface area (Å²) in [5.74, 6) is -0.104. The van der Waals surface area contributed by atoms with E-state index in [2.05, 4.69) is 42.4 Å². The van der Waals surface area contributed by atoms with E-state index in [-0.39, 0.29) is 12.3 Å². The summed E-state index contributed by atoms with van der Waals surface area (Å²) in [5.41, 5.74) is 5.25. The minimum Gasteiger partial charge on any atom is -0.386 e. The van der Waals surface area contributed by atoms with Gasteiger partial charge in [0.2, 0.25) is 5.91 Å². The Kier molecular flexibility index (Phi) is 5.90. The second kappa shape index (κ2) is 8.05. The van der Waals surface area contributed by atoms with E-state index in [9.17, 15) is 9.90 Å². The smallest absolute Gasteiger partial charge is 0.225 e. The average Bonchev–Trinajstić information content (AvgIpc) is 3.17. The topological polar surface area (TPSA) is 79.4 Å². The maximum atomic E-state index is 11.9. The molecule has 1 atom stereocenters. The predicted molar refractivity (Wildman–Crippen MR) is 107 cm³/mol. The van der Waals surface area contributed by atoms with Gasteiger partial charge in [-0.15, -0.1) is 0 Å². The van der Waals surface area contributed by atoms with Crippen LogP contribution in [0.3, 0.4) is 0 Å². The number of nitrogens with zero attached hydrogens (tertiary/aromatic N) is 6. The van der Waals surface area contributed by atoms with Gasteiger partial charge in [-0.2, -0.15) is 10.2 Å². The van der Waals surface area contributed by atoms with Crippen LogP contribution in [0.2, 0.25) is 0 Å². The molecular formula is C20H32N6O2. The quantitative estimate of drug-likeness (QED) is 0.816. The van der Waals surface area contributed by atoms with Gasteiger partial charge in [0.25, 0.3) is 0 Å². The van der Waals surface area contributed by atoms with E-state index in [0.29, 0.717) is 11.7 Å². The molecule has 154 valence electrons. The van der Waals surface area contributed by atoms with E-state index < -0.39 is 6.10 Å². The molecule has 1 amide bonds. The number of carbonyl (C=O) groups is 1. The van der Waals surface area contributed by atoms with Crippen LogP contribution >= 0.6 is 0 Å². The maximum absolute atomic E-state index is 11.9. The molecule has 0 radical (unpaired) electrons. The van der Waals surface area contributed by atoms with Crippen molar-refractivity contribution in [1.29, 1.82) is 0 Å². The first-order valence-electron chi connectivity index (χ1n) is 9.89. The van der Waals surface area contributed by atoms with E-state index in [1.807, 2.05) is 10.7 Å². The molecule has 0 saturated carbocycles. The fourth-order valence-electron chi connectivity index (χ4n) is 3.75. The van der Waals surface area contributed by atoms with Crippen LogP contribution < -0.4 is 0 Å². The molecule has 0 fully saturated rings. The number of aliphatic hydroxyl groups excluding tert-OH is 1. The highest BCUT2D eigenvalue weighted by Gasteiger charge is 2.24. The first kappa shape index (κ1) is 20.5. The zero-order valence-electron chi connectivity index (χ0n) is 17.8. The number of hydrogen-bond acceptors (Lipinski definition) is 5. The van der Waals surface area contributed by atoms with Gasteiger partial charge in [0.1, 0.15) is 6.10 Å². The molecular weight excluding hydrogens is 356 g/mol. The Hall–Kier alpha value is -2.19. The van der Waals surface area contributed by atoms with Crippen molar-refractivity contribution in [2.75, 3.05) is 20.6 Å². The highest BCUT2D eigenvalue weighted by Crippen LogP contribution is 2.24. The number of aromatic nitrogens is 4. The Morgan fingerprint density at radius 1 is 1.25 bits per heavy atom. The van der Waals surface area contributed by atoms with Gasteiger partial charge in [0, 0.05) is 51.0 Å². The SMILES string of the molecule is Cc1nn(C(C)C)c(C)c1CN1CCn2nc(C(O)CC(=O)N(C)C)cc2C1. The van der Waals surface area contributed by atoms with E-state index in [0.717, 1.165) is 37.6 Å². The minimum atomic E-state index is -0.866. The summed E-state index contributed by atoms with van der Waals surface area (Å²) in [6.45, 7) is 11.8. The number of rotatable bonds is 6. The Morgan fingerprint density at radius 2 is 1.96 bits per heavy atom. The maximum Gasteiger partial charge on any atom is 0.225 e. The molecule has 1 aliphatic rings. The van der Waals surface area contributed by atoms with Gasteiger partial charge in [0.05, 0.1) is 30.0 Å². The molecule has 8 nitrogen and oxygen atoms in total. The molecule has 3 heterocycles. The number of carbonyl (C=O) groups excluding carboxylic acids is 1. The number of hydrogen-bond donors (Lipinski definition) is 1. The molecule has 1 N–H and O–H groups in total. The van der Waals surface area contributed by atoms with Gasteiger partial charge in [0.15, 0.2) is 0 Å². The van der Waals surface area contributed by atoms with Crippen LogP contribution in [0.1, 0.15) is 60.8 Å². The summed E-state index contributed by atoms with van der Waals surface area (Å²) >= 11 is 0. The standard InChI is InChI=1S/C20H32N6O2/c1-13(2)26-15(4)17(14(3)21-26)12-24-7-8-25-16(11-24)9-18(22-25)19(27)10-20(28)23(5)6/h9,13,19,27H,7-8,10-12H2,1-6H3. The first-order valence-corrected chi connectivity index (χ1v) is 9.89. The molecule has 3 rings (SSSR count). The van der Waals surface area contributed by atoms with Crippen LogP contribution in [0.15, 0.2) is 6.07 Å². The van der Waals surface area contributed by atoms with Crippen LogP contribution in [0.5, 0.6) is 0 Å². The van der Waals surface area contributed by atoms with Crippen molar-refractivity contribution in [3.05, 3.63) is 34.4 Å². The predicted octanol–water partition coefficient (Wildman–Crippen LogP) is 1.80. The van der Waals surface area contributed by atoms with Crippen molar-refractivity contribution in [1.82, 2.24) is 29.4 Å². The fourth-order valence-corrected chi connectivity index (χ4v) is 3.75. The van der Waals surface area contributed by atoms with E-state index in [4.69, 9.17) is 5.10 Å². The average molecular weight is 389 g/mol. The summed E-state index contributed by atoms with van der Waals surface area (Å²) in [6.07, 6.45) is -0.810. The molecule has 2 aromatic rings. The van der Waals surface area contributed by atoms with Crippen LogP contribution in [0.4, 0.5) is 0 Å². The lowest BCUT2D eigenvalue weighted by Gasteiger charge is -2.27. The zero-order valence-corrected chi connectivity index (χ0v) is 17.8. The Bertz CT molecular complexity index is 851. The summed E-state index contributed by atoms with van der Waals surface area (Å²) in [4.78, 5) is 15.7. The minimum absolute atomic E-state index is 0.0555. The van der Waals surface area contributed by atoms with Crippen molar-refractivity contribution in [2.24, 2.45) is 0 Å². The number of amides is 1. The Labute approximate surface area is 166 Å². The second-order valence-corrected chi connectivity index (χ2v) is 8.19. The van der Waals surface area contributed by atoms with Crippen molar-refractivity contribution in [3.63, 3.8) is 0 Å². The van der Waals surface area contributed by atoms with Crippen LogP contribution in [-0.4, -0.2) is 61.0 Å². The largest absolute Gasteiger partial charge is 0.386 e. The van der Waals surface area contributed by atoms with Gasteiger partial charge in [-0.25, -0.2) is 0 Å². The molecule has 1 unspecified atom stereocenters. The summed E-state index contributed by atoms with van der Waals surface area (Å²) < 4.78 is 4.04. The molecule has 0 aliphatic carbocycles. The molecule has 0 spiro atoms. The molecule has 0 saturated heterocycles. The fraction of sp³-hybridized carbons (Fsp3) is 0.650. The van der Waals surface area contributed by atoms with Crippen molar-refractivity contribution >= 4 is 5.91 Å². The monoisotopic (exact) mass is 388 g/mol. The van der Waals surface area contributed by atoms with Crippen LogP contribution in [-0.2, 0) is 24.4 Å². The van der Waals surface area contributed by atoms with E-state index in [1.165, 1.54) is 16.2 Å². The molecule has 8 heteroatoms. The van der Waals surface area contributed by atoms with Gasteiger partial charge in [-0.05, 0) is 33.8 Å². The molecule has 0 aromatic carbocycles. The number of aryl methyl sites for hydroxylation is 1. The summed E-state index contributed by atoms with van der Waals surface area (Å²) in [5, 5.41) is 19.6. The lowest BCUT2D eigenvalue weighted by atomic mass is 10.1. The van der Waals surface area contributed by atoms with Gasteiger partial charge < -0.3 is 10.0 Å². The van der Waals surface area contributed by atoms with Crippen molar-refractivity contribution in [2.45, 2.75) is 65.9 Å². The Morgan fingerprint density at radius 3 is 2.57 bits per heavy atom. The van der Waals surface area contributed by atoms with Crippen LogP contribution in [0, 0.1) is 13.8 Å². The third-order valence-electron chi connectivity index (χ3n) is 5.45. The molecule has 28 heavy (non-hydrogen) atoms. The lowest BCUT2D eigenvalue weighted by molar-refractivity contribution is -0.130. The van der Waals surface area contributed by atoms with E-state index in [1.54, 1.807) is 14.1 Å². The van der Waals surface area contributed by atoms with E-state index >= 15 is 0 Å². The molecule has 0 bridgehead atoms. The summed E-state index contributed by atoms with van der Waals surface area (Å²) in [6, 6.07) is 2.28. The van der Waals surface area contributed by atoms with Gasteiger partial charge in [-0.1, -0.05) is 0 Å². The molecule has 1 aliphatic heterocycles. The normalized spacial score (nSPS) is 15.7. The molecule has 2 aromatic heterocycles. The van der Waals surface area contributed by atoms with Gasteiger partial charge >= 0.3 is 0 Å². The number of aliphatic hydroxyl groups is 1. The lowest BCUT2D eigenvalue weighted by Crippen LogP contribution is -2.33. The third-order valence-corrected chi connectivity index (χ3v) is 5.45. The zero-order chi connectivity index (χ0) is 20.6. The first-order chi connectivity index (χ1) is 13.2. The Balaban J connectivity index is 1.70. The highest BCUT2D eigenvalue weighted by atomic mass is 16.3. The van der Waals surface area contributed by atoms with Crippen molar-refractivity contribution in [3.8, 4) is 0 Å². The summed E-state index contributed by atoms with van der Waals surface area (Å²) in [7, 11) is 3.38. The second-order valence-electron chi connectivity index (χ2n) is 8.19. The van der Waals surface area contributed by atoms with Crippen molar-refractivity contribution < 1.29 is 9.90 Å². The van der Waals surface area contributed by atoms with Gasteiger partial charge in [-0.3, -0.25) is 19.1 Å². The highest BCUT2D eigenvalue weighted by molar-refractivity contribution is 5.76. The van der Waals surface area contributed by atoms with Crippen LogP contribution in [0.25, 0.3) is 0 Å². The number of fused-ring (bicyclic) bond motifs is 1. The third kappa shape index (κ3) is 4.12.